The Bertz CT molecular complexity index is 821. The number of carbonyl (C=O) groups excluding carboxylic acids is 1. The molecule has 124 valence electrons. The Labute approximate surface area is 137 Å². The second-order valence-corrected chi connectivity index (χ2v) is 5.19. The number of hydrogen-bond acceptors (Lipinski definition) is 4. The Hall–Kier alpha value is -2.93. The van der Waals surface area contributed by atoms with Crippen LogP contribution in [0.5, 0.6) is 0 Å². The fraction of sp³-hybridized carbons (Fsp3) is 0.118. The topological polar surface area (TPSA) is 73.4 Å². The van der Waals surface area contributed by atoms with E-state index in [2.05, 4.69) is 16.0 Å². The fourth-order valence-electron chi connectivity index (χ4n) is 2.40. The van der Waals surface area contributed by atoms with Crippen molar-refractivity contribution in [2.24, 2.45) is 0 Å². The summed E-state index contributed by atoms with van der Waals surface area (Å²) in [5.41, 5.74) is 1.96. The number of nitrogens with one attached hydrogen (secondary N) is 3. The Balaban J connectivity index is 1.80. The lowest BCUT2D eigenvalue weighted by Crippen LogP contribution is -2.07. The van der Waals surface area contributed by atoms with Gasteiger partial charge in [0.2, 0.25) is 0 Å². The summed E-state index contributed by atoms with van der Waals surface area (Å²) in [6, 6.07) is 8.43. The maximum absolute atomic E-state index is 13.9. The number of rotatable bonds is 5. The van der Waals surface area contributed by atoms with E-state index in [4.69, 9.17) is 5.11 Å². The van der Waals surface area contributed by atoms with Gasteiger partial charge in [-0.05, 0) is 36.4 Å². The number of anilines is 3. The normalized spacial score (nSPS) is 14.5. The fourth-order valence-corrected chi connectivity index (χ4v) is 2.40. The molecule has 1 aliphatic rings. The predicted molar refractivity (Wildman–Crippen MR) is 88.6 cm³/mol. The summed E-state index contributed by atoms with van der Waals surface area (Å²) in [5.74, 6) is -1.29. The van der Waals surface area contributed by atoms with Crippen LogP contribution in [0.3, 0.4) is 0 Å². The third kappa shape index (κ3) is 3.21. The summed E-state index contributed by atoms with van der Waals surface area (Å²) in [4.78, 5) is 12.0. The van der Waals surface area contributed by atoms with E-state index in [-0.39, 0.29) is 30.3 Å². The quantitative estimate of drug-likeness (QED) is 0.636. The zero-order valence-electron chi connectivity index (χ0n) is 12.6. The molecule has 0 bridgehead atoms. The maximum atomic E-state index is 13.9. The maximum Gasteiger partial charge on any atom is 0.257 e. The van der Waals surface area contributed by atoms with Crippen molar-refractivity contribution in [1.29, 1.82) is 0 Å². The molecule has 1 aliphatic heterocycles. The molecule has 0 spiro atoms. The van der Waals surface area contributed by atoms with E-state index < -0.39 is 11.6 Å². The highest BCUT2D eigenvalue weighted by molar-refractivity contribution is 6.31. The van der Waals surface area contributed by atoms with E-state index in [1.54, 1.807) is 6.07 Å². The minimum atomic E-state index is -0.492. The lowest BCUT2D eigenvalue weighted by molar-refractivity contribution is -0.110. The highest BCUT2D eigenvalue weighted by atomic mass is 19.1. The van der Waals surface area contributed by atoms with Crippen molar-refractivity contribution in [1.82, 2.24) is 0 Å². The first-order valence-corrected chi connectivity index (χ1v) is 7.31. The monoisotopic (exact) mass is 331 g/mol. The standard InChI is InChI=1S/C17H15F2N3O2/c18-10-1-3-15-12(7-10)13(17(24)22-15)9-21-11-2-4-16(14(19)8-11)20-5-6-23/h1-4,7-9,20-21,23H,5-6H2,(H,22,24). The van der Waals surface area contributed by atoms with Gasteiger partial charge in [-0.25, -0.2) is 8.78 Å². The molecule has 0 saturated heterocycles. The Kier molecular flexibility index (Phi) is 4.43. The SMILES string of the molecule is O=C1Nc2ccc(F)cc2C1=CNc1ccc(NCCO)c(F)c1. The number of fused-ring (bicyclic) bond motifs is 1. The molecule has 2 aromatic rings. The van der Waals surface area contributed by atoms with Crippen molar-refractivity contribution in [2.45, 2.75) is 0 Å². The van der Waals surface area contributed by atoms with Gasteiger partial charge in [0.25, 0.3) is 5.91 Å². The van der Waals surface area contributed by atoms with Crippen LogP contribution < -0.4 is 16.0 Å². The van der Waals surface area contributed by atoms with Gasteiger partial charge in [0.1, 0.15) is 11.6 Å². The molecule has 4 N–H and O–H groups in total. The average molecular weight is 331 g/mol. The van der Waals surface area contributed by atoms with E-state index in [1.165, 1.54) is 36.5 Å². The summed E-state index contributed by atoms with van der Waals surface area (Å²) in [5, 5.41) is 16.9. The van der Waals surface area contributed by atoms with Crippen molar-refractivity contribution in [3.05, 3.63) is 59.8 Å². The Morgan fingerprint density at radius 2 is 2.00 bits per heavy atom. The van der Waals surface area contributed by atoms with Gasteiger partial charge in [-0.1, -0.05) is 0 Å². The largest absolute Gasteiger partial charge is 0.395 e. The summed E-state index contributed by atoms with van der Waals surface area (Å²) in [7, 11) is 0. The van der Waals surface area contributed by atoms with Crippen molar-refractivity contribution in [2.75, 3.05) is 29.1 Å². The highest BCUT2D eigenvalue weighted by Gasteiger charge is 2.24. The molecular formula is C17H15F2N3O2. The number of hydrogen-bond donors (Lipinski definition) is 4. The molecule has 0 atom stereocenters. The molecular weight excluding hydrogens is 316 g/mol. The molecule has 2 aromatic carbocycles. The Morgan fingerprint density at radius 1 is 1.17 bits per heavy atom. The lowest BCUT2D eigenvalue weighted by atomic mass is 10.1. The van der Waals surface area contributed by atoms with Crippen molar-refractivity contribution in [3.8, 4) is 0 Å². The van der Waals surface area contributed by atoms with Gasteiger partial charge in [0.15, 0.2) is 0 Å². The molecule has 7 heteroatoms. The number of carbonyl (C=O) groups is 1. The minimum absolute atomic E-state index is 0.101. The van der Waals surface area contributed by atoms with Gasteiger partial charge in [-0.2, -0.15) is 0 Å². The summed E-state index contributed by atoms with van der Waals surface area (Å²) >= 11 is 0. The summed E-state index contributed by atoms with van der Waals surface area (Å²) in [6.07, 6.45) is 1.41. The molecule has 0 radical (unpaired) electrons. The van der Waals surface area contributed by atoms with Crippen LogP contribution >= 0.6 is 0 Å². The van der Waals surface area contributed by atoms with Crippen molar-refractivity contribution >= 4 is 28.5 Å². The van der Waals surface area contributed by atoms with Crippen LogP contribution in [0.1, 0.15) is 5.56 Å². The summed E-state index contributed by atoms with van der Waals surface area (Å²) in [6.45, 7) is 0.146. The predicted octanol–water partition coefficient (Wildman–Crippen LogP) is 2.77. The van der Waals surface area contributed by atoms with Gasteiger partial charge in [-0.15, -0.1) is 0 Å². The van der Waals surface area contributed by atoms with E-state index in [0.29, 0.717) is 16.9 Å². The van der Waals surface area contributed by atoms with Gasteiger partial charge in [0, 0.05) is 29.7 Å². The molecule has 0 saturated carbocycles. The lowest BCUT2D eigenvalue weighted by Gasteiger charge is -2.08. The zero-order valence-corrected chi connectivity index (χ0v) is 12.6. The highest BCUT2D eigenvalue weighted by Crippen LogP contribution is 2.32. The van der Waals surface area contributed by atoms with E-state index >= 15 is 0 Å². The van der Waals surface area contributed by atoms with Crippen LogP contribution in [0.2, 0.25) is 0 Å². The smallest absolute Gasteiger partial charge is 0.257 e. The molecule has 0 unspecified atom stereocenters. The van der Waals surface area contributed by atoms with Crippen LogP contribution in [-0.4, -0.2) is 24.2 Å². The molecule has 0 fully saturated rings. The third-order valence-electron chi connectivity index (χ3n) is 3.54. The molecule has 24 heavy (non-hydrogen) atoms. The van der Waals surface area contributed by atoms with Crippen molar-refractivity contribution in [3.63, 3.8) is 0 Å². The van der Waals surface area contributed by atoms with E-state index in [0.717, 1.165) is 0 Å². The zero-order chi connectivity index (χ0) is 17.1. The second-order valence-electron chi connectivity index (χ2n) is 5.19. The number of benzene rings is 2. The van der Waals surface area contributed by atoms with Crippen LogP contribution in [0.25, 0.3) is 5.57 Å². The first-order chi connectivity index (χ1) is 11.6. The molecule has 1 heterocycles. The van der Waals surface area contributed by atoms with Crippen LogP contribution in [0.15, 0.2) is 42.6 Å². The second kappa shape index (κ2) is 6.67. The molecule has 0 aliphatic carbocycles. The molecule has 5 nitrogen and oxygen atoms in total. The first kappa shape index (κ1) is 15.9. The van der Waals surface area contributed by atoms with Crippen LogP contribution in [0.4, 0.5) is 25.8 Å². The van der Waals surface area contributed by atoms with Gasteiger partial charge < -0.3 is 21.1 Å². The van der Waals surface area contributed by atoms with E-state index in [9.17, 15) is 13.6 Å². The average Bonchev–Trinajstić information content (AvgIpc) is 2.87. The van der Waals surface area contributed by atoms with Gasteiger partial charge >= 0.3 is 0 Å². The molecule has 3 rings (SSSR count). The van der Waals surface area contributed by atoms with Crippen molar-refractivity contribution < 1.29 is 18.7 Å². The third-order valence-corrected chi connectivity index (χ3v) is 3.54. The number of aliphatic hydroxyl groups is 1. The van der Waals surface area contributed by atoms with Crippen LogP contribution in [-0.2, 0) is 4.79 Å². The summed E-state index contributed by atoms with van der Waals surface area (Å²) < 4.78 is 27.3. The number of halogens is 2. The van der Waals surface area contributed by atoms with Crippen LogP contribution in [0, 0.1) is 11.6 Å². The van der Waals surface area contributed by atoms with Gasteiger partial charge in [-0.3, -0.25) is 4.79 Å². The van der Waals surface area contributed by atoms with Gasteiger partial charge in [0.05, 0.1) is 17.9 Å². The first-order valence-electron chi connectivity index (χ1n) is 7.31. The minimum Gasteiger partial charge on any atom is -0.395 e. The molecule has 0 aromatic heterocycles. The van der Waals surface area contributed by atoms with E-state index in [1.807, 2.05) is 0 Å². The molecule has 1 amide bonds. The Morgan fingerprint density at radius 3 is 2.75 bits per heavy atom. The number of aliphatic hydroxyl groups excluding tert-OH is 1. The number of amides is 1.